The van der Waals surface area contributed by atoms with E-state index in [1.807, 2.05) is 19.9 Å². The molecule has 1 saturated heterocycles. The Morgan fingerprint density at radius 1 is 1.30 bits per heavy atom. The Balaban J connectivity index is 2.05. The maximum Gasteiger partial charge on any atom is 0.292 e. The minimum Gasteiger partial charge on any atom is -0.379 e. The predicted octanol–water partition coefficient (Wildman–Crippen LogP) is 2.97. The predicted molar refractivity (Wildman–Crippen MR) is 81.3 cm³/mol. The van der Waals surface area contributed by atoms with Crippen LogP contribution >= 0.6 is 0 Å². The molecule has 1 aliphatic heterocycles. The zero-order valence-corrected chi connectivity index (χ0v) is 12.5. The highest BCUT2D eigenvalue weighted by Gasteiger charge is 2.19. The van der Waals surface area contributed by atoms with Crippen LogP contribution in [0.2, 0.25) is 0 Å². The first-order chi connectivity index (χ1) is 9.47. The van der Waals surface area contributed by atoms with E-state index in [0.717, 1.165) is 43.6 Å². The van der Waals surface area contributed by atoms with Gasteiger partial charge in [-0.05, 0) is 69.9 Å². The van der Waals surface area contributed by atoms with E-state index in [4.69, 9.17) is 0 Å². The number of piperidine rings is 1. The zero-order valence-electron chi connectivity index (χ0n) is 12.5. The van der Waals surface area contributed by atoms with Crippen molar-refractivity contribution in [3.05, 3.63) is 33.4 Å². The second-order valence-electron chi connectivity index (χ2n) is 5.84. The fraction of sp³-hybridized carbons (Fsp3) is 0.600. The average molecular weight is 277 g/mol. The summed E-state index contributed by atoms with van der Waals surface area (Å²) in [4.78, 5) is 13.2. The van der Waals surface area contributed by atoms with Crippen LogP contribution in [0.4, 0.5) is 11.4 Å². The summed E-state index contributed by atoms with van der Waals surface area (Å²) in [6.45, 7) is 6.93. The number of benzene rings is 1. The summed E-state index contributed by atoms with van der Waals surface area (Å²) in [6, 6.07) is 3.55. The second-order valence-corrected chi connectivity index (χ2v) is 5.84. The average Bonchev–Trinajstić information content (AvgIpc) is 2.41. The van der Waals surface area contributed by atoms with Crippen molar-refractivity contribution in [3.8, 4) is 0 Å². The molecule has 1 aromatic carbocycles. The lowest BCUT2D eigenvalue weighted by Crippen LogP contribution is -2.33. The number of hydrogen-bond donors (Lipinski definition) is 1. The van der Waals surface area contributed by atoms with Gasteiger partial charge in [0.25, 0.3) is 5.69 Å². The fourth-order valence-electron chi connectivity index (χ4n) is 2.61. The Kier molecular flexibility index (Phi) is 4.60. The SMILES string of the molecule is Cc1cc(NCC2CCN(C)CC2)c([N+](=O)[O-])cc1C. The minimum atomic E-state index is -0.302. The van der Waals surface area contributed by atoms with Gasteiger partial charge in [0.2, 0.25) is 0 Å². The molecule has 0 bridgehead atoms. The standard InChI is InChI=1S/C15H23N3O2/c1-11-8-14(15(18(19)20)9-12(11)2)16-10-13-4-6-17(3)7-5-13/h8-9,13,16H,4-7,10H2,1-3H3. The summed E-state index contributed by atoms with van der Waals surface area (Å²) in [5.74, 6) is 0.604. The van der Waals surface area contributed by atoms with Gasteiger partial charge in [0.05, 0.1) is 4.92 Å². The van der Waals surface area contributed by atoms with Crippen molar-refractivity contribution in [1.82, 2.24) is 4.90 Å². The summed E-state index contributed by atoms with van der Waals surface area (Å²) in [6.07, 6.45) is 2.31. The molecule has 0 saturated carbocycles. The van der Waals surface area contributed by atoms with E-state index in [1.165, 1.54) is 0 Å². The number of hydrogen-bond acceptors (Lipinski definition) is 4. The molecule has 5 nitrogen and oxygen atoms in total. The van der Waals surface area contributed by atoms with E-state index < -0.39 is 0 Å². The fourth-order valence-corrected chi connectivity index (χ4v) is 2.61. The summed E-state index contributed by atoms with van der Waals surface area (Å²) in [7, 11) is 2.14. The number of nitro groups is 1. The Hall–Kier alpha value is -1.62. The summed E-state index contributed by atoms with van der Waals surface area (Å²) >= 11 is 0. The lowest BCUT2D eigenvalue weighted by molar-refractivity contribution is -0.384. The van der Waals surface area contributed by atoms with Crippen LogP contribution < -0.4 is 5.32 Å². The maximum absolute atomic E-state index is 11.1. The number of aryl methyl sites for hydroxylation is 2. The molecule has 5 heteroatoms. The molecule has 1 N–H and O–H groups in total. The molecule has 0 amide bonds. The van der Waals surface area contributed by atoms with Crippen molar-refractivity contribution in [2.75, 3.05) is 32.0 Å². The molecular formula is C15H23N3O2. The van der Waals surface area contributed by atoms with Gasteiger partial charge in [0, 0.05) is 12.6 Å². The van der Waals surface area contributed by atoms with Gasteiger partial charge in [0.1, 0.15) is 5.69 Å². The molecule has 1 aliphatic rings. The Labute approximate surface area is 120 Å². The molecule has 2 rings (SSSR count). The van der Waals surface area contributed by atoms with Crippen LogP contribution in [-0.2, 0) is 0 Å². The van der Waals surface area contributed by atoms with Crippen molar-refractivity contribution < 1.29 is 4.92 Å². The number of nitrogens with zero attached hydrogens (tertiary/aromatic N) is 2. The zero-order chi connectivity index (χ0) is 14.7. The van der Waals surface area contributed by atoms with Gasteiger partial charge < -0.3 is 10.2 Å². The molecule has 0 aliphatic carbocycles. The molecule has 0 aromatic heterocycles. The number of nitrogens with one attached hydrogen (secondary N) is 1. The highest BCUT2D eigenvalue weighted by Crippen LogP contribution is 2.28. The molecular weight excluding hydrogens is 254 g/mol. The van der Waals surface area contributed by atoms with Crippen molar-refractivity contribution >= 4 is 11.4 Å². The lowest BCUT2D eigenvalue weighted by Gasteiger charge is -2.29. The monoisotopic (exact) mass is 277 g/mol. The van der Waals surface area contributed by atoms with Crippen molar-refractivity contribution in [2.45, 2.75) is 26.7 Å². The van der Waals surface area contributed by atoms with E-state index >= 15 is 0 Å². The van der Waals surface area contributed by atoms with Gasteiger partial charge in [-0.15, -0.1) is 0 Å². The largest absolute Gasteiger partial charge is 0.379 e. The minimum absolute atomic E-state index is 0.182. The van der Waals surface area contributed by atoms with Gasteiger partial charge in [-0.25, -0.2) is 0 Å². The maximum atomic E-state index is 11.1. The van der Waals surface area contributed by atoms with Crippen LogP contribution in [0.25, 0.3) is 0 Å². The molecule has 0 radical (unpaired) electrons. The van der Waals surface area contributed by atoms with Gasteiger partial charge in [0.15, 0.2) is 0 Å². The molecule has 1 fully saturated rings. The Morgan fingerprint density at radius 2 is 1.90 bits per heavy atom. The number of rotatable bonds is 4. The van der Waals surface area contributed by atoms with Crippen LogP contribution in [0.3, 0.4) is 0 Å². The highest BCUT2D eigenvalue weighted by molar-refractivity contribution is 5.64. The van der Waals surface area contributed by atoms with E-state index in [9.17, 15) is 10.1 Å². The molecule has 0 atom stereocenters. The first-order valence-electron chi connectivity index (χ1n) is 7.15. The highest BCUT2D eigenvalue weighted by atomic mass is 16.6. The normalized spacial score (nSPS) is 17.1. The molecule has 1 heterocycles. The van der Waals surface area contributed by atoms with Crippen LogP contribution in [0.5, 0.6) is 0 Å². The second kappa shape index (κ2) is 6.22. The van der Waals surface area contributed by atoms with Crippen molar-refractivity contribution in [1.29, 1.82) is 0 Å². The van der Waals surface area contributed by atoms with E-state index in [1.54, 1.807) is 6.07 Å². The van der Waals surface area contributed by atoms with Gasteiger partial charge in [-0.2, -0.15) is 0 Å². The number of anilines is 1. The first-order valence-corrected chi connectivity index (χ1v) is 7.15. The van der Waals surface area contributed by atoms with Crippen molar-refractivity contribution in [3.63, 3.8) is 0 Å². The van der Waals surface area contributed by atoms with Crippen molar-refractivity contribution in [2.24, 2.45) is 5.92 Å². The quantitative estimate of drug-likeness (QED) is 0.679. The summed E-state index contributed by atoms with van der Waals surface area (Å²) in [5, 5.41) is 14.4. The van der Waals surface area contributed by atoms with Crippen LogP contribution in [0.1, 0.15) is 24.0 Å². The van der Waals surface area contributed by atoms with Crippen LogP contribution in [-0.4, -0.2) is 36.5 Å². The van der Waals surface area contributed by atoms with E-state index in [-0.39, 0.29) is 10.6 Å². The summed E-state index contributed by atoms with van der Waals surface area (Å²) < 4.78 is 0. The van der Waals surface area contributed by atoms with Crippen LogP contribution in [0, 0.1) is 29.9 Å². The third-order valence-electron chi connectivity index (χ3n) is 4.23. The topological polar surface area (TPSA) is 58.4 Å². The molecule has 20 heavy (non-hydrogen) atoms. The number of likely N-dealkylation sites (tertiary alicyclic amines) is 1. The molecule has 0 spiro atoms. The Morgan fingerprint density at radius 3 is 2.50 bits per heavy atom. The molecule has 110 valence electrons. The molecule has 0 unspecified atom stereocenters. The third-order valence-corrected chi connectivity index (χ3v) is 4.23. The first kappa shape index (κ1) is 14.8. The van der Waals surface area contributed by atoms with Gasteiger partial charge >= 0.3 is 0 Å². The summed E-state index contributed by atoms with van der Waals surface area (Å²) in [5.41, 5.74) is 2.88. The van der Waals surface area contributed by atoms with Gasteiger partial charge in [-0.1, -0.05) is 0 Å². The number of nitro benzene ring substituents is 1. The molecule has 1 aromatic rings. The lowest BCUT2D eigenvalue weighted by atomic mass is 9.97. The van der Waals surface area contributed by atoms with E-state index in [0.29, 0.717) is 11.6 Å². The van der Waals surface area contributed by atoms with Crippen LogP contribution in [0.15, 0.2) is 12.1 Å². The third kappa shape index (κ3) is 3.48. The smallest absolute Gasteiger partial charge is 0.292 e. The van der Waals surface area contributed by atoms with Gasteiger partial charge in [-0.3, -0.25) is 10.1 Å². The Bertz CT molecular complexity index is 494. The van der Waals surface area contributed by atoms with E-state index in [2.05, 4.69) is 17.3 Å².